The van der Waals surface area contributed by atoms with Crippen LogP contribution in [0.4, 0.5) is 0 Å². The van der Waals surface area contributed by atoms with Crippen LogP contribution in [0.3, 0.4) is 0 Å². The molecule has 0 amide bonds. The Labute approximate surface area is 190 Å². The number of benzene rings is 3. The molecule has 0 aromatic heterocycles. The third kappa shape index (κ3) is 6.50. The van der Waals surface area contributed by atoms with Crippen LogP contribution in [0.1, 0.15) is 29.5 Å². The summed E-state index contributed by atoms with van der Waals surface area (Å²) in [7, 11) is 0. The van der Waals surface area contributed by atoms with E-state index in [1.165, 1.54) is 0 Å². The van der Waals surface area contributed by atoms with Gasteiger partial charge in [-0.05, 0) is 29.5 Å². The molecule has 1 aliphatic carbocycles. The first-order valence-electron chi connectivity index (χ1n) is 11.4. The zero-order chi connectivity index (χ0) is 22.0. The topological polar surface area (TPSA) is 47.9 Å². The number of rotatable bonds is 10. The second-order valence-corrected chi connectivity index (χ2v) is 8.43. The van der Waals surface area contributed by atoms with E-state index in [4.69, 9.17) is 14.2 Å². The normalized spacial score (nSPS) is 23.2. The minimum atomic E-state index is -0.551. The summed E-state index contributed by atoms with van der Waals surface area (Å²) in [5.74, 6) is 0.159. The van der Waals surface area contributed by atoms with Gasteiger partial charge in [-0.25, -0.2) is 0 Å². The lowest BCUT2D eigenvalue weighted by molar-refractivity contribution is -0.179. The maximum atomic E-state index is 10.8. The number of ether oxygens (including phenoxy) is 3. The fourth-order valence-corrected chi connectivity index (χ4v) is 4.25. The average molecular weight is 433 g/mol. The standard InChI is InChI=1S/C28H32O4/c29-26-17-16-25(21-30-18-22-10-4-1-5-11-22)27(31-19-23-12-6-2-7-13-23)28(26)32-20-24-14-8-3-9-15-24/h1-15,25-29H,16-21H2/t25-,26-,27+,28-/m1/s1. The van der Waals surface area contributed by atoms with Gasteiger partial charge < -0.3 is 19.3 Å². The number of aliphatic hydroxyl groups is 1. The third-order valence-corrected chi connectivity index (χ3v) is 6.01. The monoisotopic (exact) mass is 432 g/mol. The van der Waals surface area contributed by atoms with E-state index >= 15 is 0 Å². The molecular formula is C28H32O4. The molecule has 0 spiro atoms. The largest absolute Gasteiger partial charge is 0.390 e. The molecule has 0 radical (unpaired) electrons. The van der Waals surface area contributed by atoms with E-state index in [9.17, 15) is 5.11 Å². The molecule has 168 valence electrons. The Morgan fingerprint density at radius 1 is 0.594 bits per heavy atom. The van der Waals surface area contributed by atoms with Crippen molar-refractivity contribution in [3.05, 3.63) is 108 Å². The first-order chi connectivity index (χ1) is 15.8. The predicted octanol–water partition coefficient (Wildman–Crippen LogP) is 5.14. The maximum Gasteiger partial charge on any atom is 0.110 e. The van der Waals surface area contributed by atoms with Crippen LogP contribution in [0.25, 0.3) is 0 Å². The lowest BCUT2D eigenvalue weighted by Gasteiger charge is -2.40. The van der Waals surface area contributed by atoms with E-state index in [2.05, 4.69) is 24.3 Å². The SMILES string of the molecule is O[C@@H]1CC[C@H](COCc2ccccc2)[C@H](OCc2ccccc2)[C@@H]1OCc1ccccc1. The molecule has 32 heavy (non-hydrogen) atoms. The minimum absolute atomic E-state index is 0.159. The molecular weight excluding hydrogens is 400 g/mol. The predicted molar refractivity (Wildman–Crippen MR) is 125 cm³/mol. The van der Waals surface area contributed by atoms with Crippen molar-refractivity contribution in [1.82, 2.24) is 0 Å². The van der Waals surface area contributed by atoms with Gasteiger partial charge in [0.1, 0.15) is 6.10 Å². The molecule has 3 aromatic carbocycles. The maximum absolute atomic E-state index is 10.8. The van der Waals surface area contributed by atoms with Crippen LogP contribution in [-0.2, 0) is 34.0 Å². The average Bonchev–Trinajstić information content (AvgIpc) is 2.85. The van der Waals surface area contributed by atoms with E-state index in [0.717, 1.165) is 23.1 Å². The van der Waals surface area contributed by atoms with Crippen molar-refractivity contribution in [3.8, 4) is 0 Å². The van der Waals surface area contributed by atoms with Gasteiger partial charge >= 0.3 is 0 Å². The van der Waals surface area contributed by atoms with Crippen LogP contribution in [0.2, 0.25) is 0 Å². The van der Waals surface area contributed by atoms with Crippen LogP contribution >= 0.6 is 0 Å². The fourth-order valence-electron chi connectivity index (χ4n) is 4.25. The van der Waals surface area contributed by atoms with Crippen LogP contribution in [0, 0.1) is 5.92 Å². The van der Waals surface area contributed by atoms with E-state index in [1.807, 2.05) is 66.7 Å². The van der Waals surface area contributed by atoms with Crippen molar-refractivity contribution in [3.63, 3.8) is 0 Å². The van der Waals surface area contributed by atoms with Gasteiger partial charge in [0.25, 0.3) is 0 Å². The highest BCUT2D eigenvalue weighted by Crippen LogP contribution is 2.31. The number of hydrogen-bond donors (Lipinski definition) is 1. The summed E-state index contributed by atoms with van der Waals surface area (Å²) in [5.41, 5.74) is 3.35. The number of hydrogen-bond acceptors (Lipinski definition) is 4. The molecule has 0 unspecified atom stereocenters. The molecule has 3 aromatic rings. The summed E-state index contributed by atoms with van der Waals surface area (Å²) in [5, 5.41) is 10.8. The molecule has 1 aliphatic rings. The van der Waals surface area contributed by atoms with Gasteiger partial charge in [0.2, 0.25) is 0 Å². The fraction of sp³-hybridized carbons (Fsp3) is 0.357. The van der Waals surface area contributed by atoms with Crippen LogP contribution in [0.5, 0.6) is 0 Å². The van der Waals surface area contributed by atoms with Gasteiger partial charge in [-0.3, -0.25) is 0 Å². The smallest absolute Gasteiger partial charge is 0.110 e. The highest BCUT2D eigenvalue weighted by molar-refractivity contribution is 5.15. The summed E-state index contributed by atoms with van der Waals surface area (Å²) in [6, 6.07) is 30.4. The molecule has 0 bridgehead atoms. The summed E-state index contributed by atoms with van der Waals surface area (Å²) in [4.78, 5) is 0. The minimum Gasteiger partial charge on any atom is -0.390 e. The summed E-state index contributed by atoms with van der Waals surface area (Å²) < 4.78 is 18.7. The number of aliphatic hydroxyl groups excluding tert-OH is 1. The Balaban J connectivity index is 1.42. The van der Waals surface area contributed by atoms with Crippen LogP contribution in [-0.4, -0.2) is 30.0 Å². The zero-order valence-electron chi connectivity index (χ0n) is 18.4. The van der Waals surface area contributed by atoms with E-state index in [0.29, 0.717) is 32.8 Å². The van der Waals surface area contributed by atoms with Gasteiger partial charge in [0.15, 0.2) is 0 Å². The molecule has 1 N–H and O–H groups in total. The van der Waals surface area contributed by atoms with Crippen molar-refractivity contribution in [2.45, 2.75) is 51.0 Å². The van der Waals surface area contributed by atoms with Crippen molar-refractivity contribution < 1.29 is 19.3 Å². The van der Waals surface area contributed by atoms with Crippen molar-refractivity contribution in [1.29, 1.82) is 0 Å². The Kier molecular flexibility index (Phi) is 8.46. The molecule has 1 fully saturated rings. The molecule has 4 atom stereocenters. The lowest BCUT2D eigenvalue weighted by Crippen LogP contribution is -2.50. The van der Waals surface area contributed by atoms with Gasteiger partial charge in [-0.15, -0.1) is 0 Å². The lowest BCUT2D eigenvalue weighted by atomic mass is 9.82. The quantitative estimate of drug-likeness (QED) is 0.482. The Morgan fingerprint density at radius 3 is 1.59 bits per heavy atom. The summed E-state index contributed by atoms with van der Waals surface area (Å²) in [6.07, 6.45) is 0.353. The van der Waals surface area contributed by atoms with Gasteiger partial charge in [-0.2, -0.15) is 0 Å². The highest BCUT2D eigenvalue weighted by Gasteiger charge is 2.40. The summed E-state index contributed by atoms with van der Waals surface area (Å²) in [6.45, 7) is 2.08. The first-order valence-corrected chi connectivity index (χ1v) is 11.4. The molecule has 0 saturated heterocycles. The van der Waals surface area contributed by atoms with E-state index in [1.54, 1.807) is 0 Å². The highest BCUT2D eigenvalue weighted by atomic mass is 16.6. The second-order valence-electron chi connectivity index (χ2n) is 8.43. The van der Waals surface area contributed by atoms with E-state index in [-0.39, 0.29) is 12.0 Å². The van der Waals surface area contributed by atoms with Gasteiger partial charge in [0, 0.05) is 5.92 Å². The van der Waals surface area contributed by atoms with Crippen molar-refractivity contribution in [2.24, 2.45) is 5.92 Å². The molecule has 1 saturated carbocycles. The van der Waals surface area contributed by atoms with Gasteiger partial charge in [-0.1, -0.05) is 91.0 Å². The first kappa shape index (κ1) is 22.7. The zero-order valence-corrected chi connectivity index (χ0v) is 18.4. The van der Waals surface area contributed by atoms with Crippen molar-refractivity contribution in [2.75, 3.05) is 6.61 Å². The summed E-state index contributed by atoms with van der Waals surface area (Å²) >= 11 is 0. The van der Waals surface area contributed by atoms with Crippen molar-refractivity contribution >= 4 is 0 Å². The molecule has 0 aliphatic heterocycles. The van der Waals surface area contributed by atoms with E-state index < -0.39 is 12.2 Å². The molecule has 0 heterocycles. The Morgan fingerprint density at radius 2 is 1.06 bits per heavy atom. The molecule has 4 rings (SSSR count). The van der Waals surface area contributed by atoms with Crippen LogP contribution in [0.15, 0.2) is 91.0 Å². The molecule has 4 heteroatoms. The Hall–Kier alpha value is -2.50. The third-order valence-electron chi connectivity index (χ3n) is 6.01. The Bertz CT molecular complexity index is 900. The molecule has 4 nitrogen and oxygen atoms in total. The van der Waals surface area contributed by atoms with Crippen LogP contribution < -0.4 is 0 Å². The van der Waals surface area contributed by atoms with Gasteiger partial charge in [0.05, 0.1) is 38.6 Å². The second kappa shape index (κ2) is 11.9.